The Morgan fingerprint density at radius 3 is 2.73 bits per heavy atom. The van der Waals surface area contributed by atoms with Gasteiger partial charge in [-0.3, -0.25) is 4.79 Å². The molecule has 0 amide bonds. The lowest BCUT2D eigenvalue weighted by atomic mass is 10.1. The van der Waals surface area contributed by atoms with Crippen LogP contribution in [0.25, 0.3) is 6.08 Å². The van der Waals surface area contributed by atoms with Gasteiger partial charge in [0.15, 0.2) is 12.4 Å². The van der Waals surface area contributed by atoms with Gasteiger partial charge >= 0.3 is 0 Å². The molecular formula is C17H10FNO3. The van der Waals surface area contributed by atoms with E-state index in [4.69, 9.17) is 14.7 Å². The highest BCUT2D eigenvalue weighted by Crippen LogP contribution is 2.34. The van der Waals surface area contributed by atoms with E-state index in [0.29, 0.717) is 22.6 Å². The molecule has 3 rings (SSSR count). The molecule has 0 saturated carbocycles. The van der Waals surface area contributed by atoms with Gasteiger partial charge in [0.25, 0.3) is 0 Å². The van der Waals surface area contributed by atoms with E-state index >= 15 is 0 Å². The van der Waals surface area contributed by atoms with Gasteiger partial charge in [0.1, 0.15) is 23.4 Å². The minimum atomic E-state index is -0.344. The zero-order chi connectivity index (χ0) is 15.5. The molecule has 0 aliphatic carbocycles. The van der Waals surface area contributed by atoms with Gasteiger partial charge in [0.05, 0.1) is 5.56 Å². The number of carbonyl (C=O) groups is 1. The van der Waals surface area contributed by atoms with Crippen LogP contribution in [0.2, 0.25) is 0 Å². The summed E-state index contributed by atoms with van der Waals surface area (Å²) in [5, 5.41) is 8.49. The molecule has 0 radical (unpaired) electrons. The second-order valence-electron chi connectivity index (χ2n) is 4.60. The quantitative estimate of drug-likeness (QED) is 0.815. The van der Waals surface area contributed by atoms with Crippen LogP contribution in [0.3, 0.4) is 0 Å². The Morgan fingerprint density at radius 1 is 1.23 bits per heavy atom. The summed E-state index contributed by atoms with van der Waals surface area (Å²) < 4.78 is 23.6. The molecule has 1 aliphatic heterocycles. The molecule has 5 heteroatoms. The van der Waals surface area contributed by atoms with Crippen LogP contribution < -0.4 is 9.47 Å². The van der Waals surface area contributed by atoms with E-state index in [-0.39, 0.29) is 24.0 Å². The van der Waals surface area contributed by atoms with Crippen molar-refractivity contribution in [3.8, 4) is 17.6 Å². The van der Waals surface area contributed by atoms with Crippen molar-refractivity contribution in [2.45, 2.75) is 0 Å². The maximum Gasteiger partial charge on any atom is 0.231 e. The lowest BCUT2D eigenvalue weighted by molar-refractivity contribution is 0.101. The van der Waals surface area contributed by atoms with Crippen molar-refractivity contribution in [3.05, 3.63) is 65.2 Å². The predicted octanol–water partition coefficient (Wildman–Crippen LogP) is 3.34. The lowest BCUT2D eigenvalue weighted by Crippen LogP contribution is -1.98. The number of nitrogens with zero attached hydrogens (tertiary/aromatic N) is 1. The molecule has 2 aromatic rings. The number of hydrogen-bond donors (Lipinski definition) is 0. The van der Waals surface area contributed by atoms with Gasteiger partial charge in [0, 0.05) is 6.07 Å². The summed E-state index contributed by atoms with van der Waals surface area (Å²) in [6, 6.07) is 12.4. The third-order valence-electron chi connectivity index (χ3n) is 3.11. The molecule has 0 spiro atoms. The predicted molar refractivity (Wildman–Crippen MR) is 76.9 cm³/mol. The number of nitriles is 1. The van der Waals surface area contributed by atoms with E-state index in [0.717, 1.165) is 0 Å². The molecule has 1 heterocycles. The van der Waals surface area contributed by atoms with Crippen molar-refractivity contribution in [1.29, 1.82) is 5.26 Å². The zero-order valence-corrected chi connectivity index (χ0v) is 11.4. The summed E-state index contributed by atoms with van der Waals surface area (Å²) in [4.78, 5) is 12.2. The van der Waals surface area contributed by atoms with E-state index < -0.39 is 0 Å². The molecule has 0 aromatic heterocycles. The van der Waals surface area contributed by atoms with Crippen LogP contribution in [0, 0.1) is 17.1 Å². The Kier molecular flexibility index (Phi) is 3.58. The maximum absolute atomic E-state index is 12.9. The Balaban J connectivity index is 1.87. The van der Waals surface area contributed by atoms with Gasteiger partial charge in [-0.2, -0.15) is 5.26 Å². The number of benzene rings is 2. The van der Waals surface area contributed by atoms with Crippen LogP contribution in [-0.2, 0) is 0 Å². The number of ether oxygens (including phenoxy) is 2. The molecule has 108 valence electrons. The number of rotatable bonds is 3. The Bertz CT molecular complexity index is 804. The minimum absolute atomic E-state index is 0.0784. The maximum atomic E-state index is 12.9. The number of carbonyl (C=O) groups excluding carboxylic acids is 1. The molecule has 1 aliphatic rings. The summed E-state index contributed by atoms with van der Waals surface area (Å²) >= 11 is 0. The average Bonchev–Trinajstić information content (AvgIpc) is 2.83. The second-order valence-corrected chi connectivity index (χ2v) is 4.60. The smallest absolute Gasteiger partial charge is 0.231 e. The number of hydrogen-bond acceptors (Lipinski definition) is 4. The molecule has 2 aromatic carbocycles. The van der Waals surface area contributed by atoms with Crippen molar-refractivity contribution in [2.24, 2.45) is 0 Å². The van der Waals surface area contributed by atoms with Crippen molar-refractivity contribution in [1.82, 2.24) is 0 Å². The van der Waals surface area contributed by atoms with Crippen molar-refractivity contribution in [2.75, 3.05) is 6.61 Å². The van der Waals surface area contributed by atoms with Gasteiger partial charge in [0.2, 0.25) is 5.78 Å². The second kappa shape index (κ2) is 5.70. The number of allylic oxidation sites excluding steroid dienone is 1. The van der Waals surface area contributed by atoms with E-state index in [9.17, 15) is 9.18 Å². The Hall–Kier alpha value is -3.13. The molecule has 4 nitrogen and oxygen atoms in total. The van der Waals surface area contributed by atoms with Crippen LogP contribution in [0.4, 0.5) is 4.39 Å². The van der Waals surface area contributed by atoms with Gasteiger partial charge < -0.3 is 9.47 Å². The molecule has 0 unspecified atom stereocenters. The molecule has 0 bridgehead atoms. The first-order valence-electron chi connectivity index (χ1n) is 6.51. The third kappa shape index (κ3) is 2.67. The van der Waals surface area contributed by atoms with Gasteiger partial charge in [-0.1, -0.05) is 12.1 Å². The van der Waals surface area contributed by atoms with Crippen molar-refractivity contribution < 1.29 is 18.7 Å². The van der Waals surface area contributed by atoms with Crippen molar-refractivity contribution in [3.63, 3.8) is 0 Å². The number of Topliss-reactive ketones (excluding diaryl/α,β-unsaturated/α-hetero) is 1. The zero-order valence-electron chi connectivity index (χ0n) is 11.4. The fourth-order valence-corrected chi connectivity index (χ4v) is 2.08. The number of halogens is 1. The van der Waals surface area contributed by atoms with Crippen LogP contribution in [-0.4, -0.2) is 12.4 Å². The molecule has 0 N–H and O–H groups in total. The number of ketones is 1. The first kappa shape index (κ1) is 13.8. The van der Waals surface area contributed by atoms with E-state index in [1.165, 1.54) is 12.1 Å². The highest BCUT2D eigenvalue weighted by Gasteiger charge is 2.27. The van der Waals surface area contributed by atoms with Crippen molar-refractivity contribution >= 4 is 11.9 Å². The van der Waals surface area contributed by atoms with Gasteiger partial charge in [-0.05, 0) is 35.9 Å². The monoisotopic (exact) mass is 295 g/mol. The first-order valence-corrected chi connectivity index (χ1v) is 6.51. The van der Waals surface area contributed by atoms with Gasteiger partial charge in [-0.25, -0.2) is 4.39 Å². The average molecular weight is 295 g/mol. The van der Waals surface area contributed by atoms with E-state index in [2.05, 4.69) is 0 Å². The van der Waals surface area contributed by atoms with E-state index in [1.807, 2.05) is 6.07 Å². The molecule has 22 heavy (non-hydrogen) atoms. The van der Waals surface area contributed by atoms with E-state index in [1.54, 1.807) is 36.4 Å². The van der Waals surface area contributed by atoms with Crippen LogP contribution in [0.15, 0.2) is 48.2 Å². The SMILES string of the molecule is N#CCOc1ccc2c(c1)OC(=Cc1ccc(F)cc1)C2=O. The molecule has 0 fully saturated rings. The molecular weight excluding hydrogens is 285 g/mol. The minimum Gasteiger partial charge on any atom is -0.479 e. The van der Waals surface area contributed by atoms with Gasteiger partial charge in [-0.15, -0.1) is 0 Å². The van der Waals surface area contributed by atoms with Crippen LogP contribution in [0.1, 0.15) is 15.9 Å². The fourth-order valence-electron chi connectivity index (χ4n) is 2.08. The highest BCUT2D eigenvalue weighted by atomic mass is 19.1. The fraction of sp³-hybridized carbons (Fsp3) is 0.0588. The summed E-state index contributed by atoms with van der Waals surface area (Å²) in [6.07, 6.45) is 1.55. The Labute approximate surface area is 126 Å². The van der Waals surface area contributed by atoms with Crippen LogP contribution >= 0.6 is 0 Å². The topological polar surface area (TPSA) is 59.3 Å². The number of fused-ring (bicyclic) bond motifs is 1. The molecule has 0 saturated heterocycles. The molecule has 0 atom stereocenters. The summed E-state index contributed by atoms with van der Waals surface area (Å²) in [5.41, 5.74) is 1.09. The first-order chi connectivity index (χ1) is 10.7. The highest BCUT2D eigenvalue weighted by molar-refractivity contribution is 6.14. The summed E-state index contributed by atoms with van der Waals surface area (Å²) in [6.45, 7) is -0.0784. The summed E-state index contributed by atoms with van der Waals surface area (Å²) in [7, 11) is 0. The lowest BCUT2D eigenvalue weighted by Gasteiger charge is -2.03. The van der Waals surface area contributed by atoms with Crippen LogP contribution in [0.5, 0.6) is 11.5 Å². The summed E-state index contributed by atoms with van der Waals surface area (Å²) in [5.74, 6) is 0.415. The Morgan fingerprint density at radius 2 is 2.00 bits per heavy atom. The third-order valence-corrected chi connectivity index (χ3v) is 3.11. The standard InChI is InChI=1S/C17H10FNO3/c18-12-3-1-11(2-4-12)9-16-17(20)14-6-5-13(21-8-7-19)10-15(14)22-16/h1-6,9-10H,8H2. The largest absolute Gasteiger partial charge is 0.479 e. The normalized spacial score (nSPS) is 14.4.